The molecule has 2 rings (SSSR count). The van der Waals surface area contributed by atoms with E-state index in [4.69, 9.17) is 10.5 Å². The van der Waals surface area contributed by atoms with Crippen LogP contribution < -0.4 is 15.2 Å². The van der Waals surface area contributed by atoms with Crippen molar-refractivity contribution in [1.29, 1.82) is 0 Å². The summed E-state index contributed by atoms with van der Waals surface area (Å²) in [5.41, 5.74) is 8.23. The Bertz CT molecular complexity index is 770. The van der Waals surface area contributed by atoms with Crippen LogP contribution in [0.25, 0.3) is 0 Å². The average Bonchev–Trinajstić information content (AvgIpc) is 2.43. The first-order valence-electron chi connectivity index (χ1n) is 6.41. The maximum atomic E-state index is 11.7. The van der Waals surface area contributed by atoms with Gasteiger partial charge in [0, 0.05) is 6.07 Å². The highest BCUT2D eigenvalue weighted by atomic mass is 32.2. The van der Waals surface area contributed by atoms with Crippen molar-refractivity contribution in [3.63, 3.8) is 0 Å². The number of sulfonamides is 1. The third-order valence-corrected chi connectivity index (χ3v) is 4.74. The lowest BCUT2D eigenvalue weighted by molar-refractivity contribution is 0.482. The minimum absolute atomic E-state index is 0.0393. The Hall–Kier alpha value is -2.05. The van der Waals surface area contributed by atoms with E-state index in [1.54, 1.807) is 6.07 Å². The van der Waals surface area contributed by atoms with Crippen LogP contribution in [0.15, 0.2) is 41.3 Å². The molecule has 0 amide bonds. The molecule has 3 N–H and O–H groups in total. The fraction of sp³-hybridized carbons (Fsp3) is 0.200. The predicted molar refractivity (Wildman–Crippen MR) is 83.1 cm³/mol. The number of aryl methyl sites for hydroxylation is 2. The molecule has 0 atom stereocenters. The molecule has 2 aromatic carbocycles. The number of nitrogen functional groups attached to an aromatic ring is 1. The molecule has 21 heavy (non-hydrogen) atoms. The number of hydrogen-bond donors (Lipinski definition) is 2. The van der Waals surface area contributed by atoms with Crippen LogP contribution in [0, 0.1) is 13.8 Å². The van der Waals surface area contributed by atoms with Gasteiger partial charge in [-0.1, -0.05) is 6.07 Å². The topological polar surface area (TPSA) is 81.4 Å². The molecule has 6 heteroatoms. The molecule has 0 fully saturated rings. The lowest BCUT2D eigenvalue weighted by atomic mass is 10.1. The summed E-state index contributed by atoms with van der Waals surface area (Å²) < 4.78 is 31.4. The number of ether oxygens (including phenoxy) is 1. The van der Waals surface area contributed by atoms with Gasteiger partial charge in [0.25, 0.3) is 0 Å². The van der Waals surface area contributed by atoms with Gasteiger partial charge in [0.15, 0.2) is 0 Å². The number of hydrogen-bond acceptors (Lipinski definition) is 4. The molecule has 0 spiro atoms. The first-order valence-corrected chi connectivity index (χ1v) is 7.90. The molecule has 112 valence electrons. The molecule has 0 saturated heterocycles. The molecule has 0 bridgehead atoms. The van der Waals surface area contributed by atoms with E-state index in [-0.39, 0.29) is 10.6 Å². The number of rotatable bonds is 4. The highest BCUT2D eigenvalue weighted by Crippen LogP contribution is 2.28. The zero-order chi connectivity index (χ0) is 15.6. The van der Waals surface area contributed by atoms with Crippen LogP contribution in [0.4, 0.5) is 5.69 Å². The van der Waals surface area contributed by atoms with Gasteiger partial charge in [-0.3, -0.25) is 0 Å². The Morgan fingerprint density at radius 1 is 1.00 bits per heavy atom. The maximum absolute atomic E-state index is 11.7. The minimum atomic E-state index is -3.56. The Morgan fingerprint density at radius 3 is 2.19 bits per heavy atom. The molecule has 0 saturated carbocycles. The second-order valence-electron chi connectivity index (χ2n) is 4.76. The van der Waals surface area contributed by atoms with Crippen LogP contribution in [-0.2, 0) is 10.0 Å². The van der Waals surface area contributed by atoms with Gasteiger partial charge in [-0.25, -0.2) is 13.1 Å². The molecule has 0 heterocycles. The van der Waals surface area contributed by atoms with Crippen LogP contribution in [0.3, 0.4) is 0 Å². The molecule has 0 unspecified atom stereocenters. The van der Waals surface area contributed by atoms with Gasteiger partial charge in [0.05, 0.1) is 5.69 Å². The molecular weight excluding hydrogens is 288 g/mol. The third-order valence-electron chi connectivity index (χ3n) is 3.25. The lowest BCUT2D eigenvalue weighted by Crippen LogP contribution is -2.19. The van der Waals surface area contributed by atoms with Crippen LogP contribution >= 0.6 is 0 Å². The molecule has 0 aliphatic heterocycles. The molecule has 0 aliphatic carbocycles. The van der Waals surface area contributed by atoms with Crippen molar-refractivity contribution in [2.75, 3.05) is 12.8 Å². The van der Waals surface area contributed by atoms with Crippen molar-refractivity contribution >= 4 is 15.7 Å². The summed E-state index contributed by atoms with van der Waals surface area (Å²) in [6.45, 7) is 4.02. The van der Waals surface area contributed by atoms with Crippen molar-refractivity contribution in [2.45, 2.75) is 18.7 Å². The van der Waals surface area contributed by atoms with E-state index in [1.807, 2.05) is 32.0 Å². The summed E-state index contributed by atoms with van der Waals surface area (Å²) in [6, 6.07) is 10.3. The van der Waals surface area contributed by atoms with Gasteiger partial charge in [-0.2, -0.15) is 0 Å². The molecule has 2 aromatic rings. The Balaban J connectivity index is 2.30. The first-order chi connectivity index (χ1) is 9.83. The third kappa shape index (κ3) is 3.34. The van der Waals surface area contributed by atoms with E-state index in [2.05, 4.69) is 4.72 Å². The van der Waals surface area contributed by atoms with Crippen LogP contribution in [-0.4, -0.2) is 15.5 Å². The predicted octanol–water partition coefficient (Wildman–Crippen LogP) is 2.59. The van der Waals surface area contributed by atoms with E-state index in [1.165, 1.54) is 24.7 Å². The fourth-order valence-corrected chi connectivity index (χ4v) is 2.69. The quantitative estimate of drug-likeness (QED) is 0.851. The van der Waals surface area contributed by atoms with Crippen molar-refractivity contribution < 1.29 is 13.2 Å². The number of anilines is 1. The Kier molecular flexibility index (Phi) is 4.20. The monoisotopic (exact) mass is 306 g/mol. The summed E-state index contributed by atoms with van der Waals surface area (Å²) >= 11 is 0. The Labute approximate surface area is 124 Å². The Morgan fingerprint density at radius 2 is 1.62 bits per heavy atom. The van der Waals surface area contributed by atoms with Gasteiger partial charge in [0.2, 0.25) is 10.0 Å². The van der Waals surface area contributed by atoms with Crippen molar-refractivity contribution in [2.24, 2.45) is 0 Å². The van der Waals surface area contributed by atoms with Gasteiger partial charge >= 0.3 is 0 Å². The van der Waals surface area contributed by atoms with E-state index in [0.717, 1.165) is 5.56 Å². The molecule has 0 aliphatic rings. The number of benzene rings is 2. The number of nitrogens with one attached hydrogen (secondary N) is 1. The van der Waals surface area contributed by atoms with Gasteiger partial charge in [0.1, 0.15) is 16.4 Å². The van der Waals surface area contributed by atoms with Crippen molar-refractivity contribution in [3.05, 3.63) is 47.5 Å². The second kappa shape index (κ2) is 5.75. The van der Waals surface area contributed by atoms with Crippen LogP contribution in [0.2, 0.25) is 0 Å². The smallest absolute Gasteiger partial charge is 0.242 e. The lowest BCUT2D eigenvalue weighted by Gasteiger charge is -2.11. The van der Waals surface area contributed by atoms with Crippen LogP contribution in [0.1, 0.15) is 11.1 Å². The standard InChI is InChI=1S/C15H18N2O3S/c1-10-4-5-12(8-11(10)2)20-13-6-7-15(14(16)9-13)21(18,19)17-3/h4-9,17H,16H2,1-3H3. The molecule has 0 radical (unpaired) electrons. The highest BCUT2D eigenvalue weighted by Gasteiger charge is 2.15. The van der Waals surface area contributed by atoms with Gasteiger partial charge < -0.3 is 10.5 Å². The molecule has 0 aromatic heterocycles. The molecule has 5 nitrogen and oxygen atoms in total. The zero-order valence-electron chi connectivity index (χ0n) is 12.2. The van der Waals surface area contributed by atoms with E-state index < -0.39 is 10.0 Å². The SMILES string of the molecule is CNS(=O)(=O)c1ccc(Oc2ccc(C)c(C)c2)cc1N. The maximum Gasteiger partial charge on any atom is 0.242 e. The molecular formula is C15H18N2O3S. The zero-order valence-corrected chi connectivity index (χ0v) is 13.0. The van der Waals surface area contributed by atoms with Gasteiger partial charge in [-0.05, 0) is 56.3 Å². The highest BCUT2D eigenvalue weighted by molar-refractivity contribution is 7.89. The average molecular weight is 306 g/mol. The van der Waals surface area contributed by atoms with E-state index in [0.29, 0.717) is 11.5 Å². The summed E-state index contributed by atoms with van der Waals surface area (Å²) in [6.07, 6.45) is 0. The number of nitrogens with two attached hydrogens (primary N) is 1. The largest absolute Gasteiger partial charge is 0.457 e. The second-order valence-corrected chi connectivity index (χ2v) is 6.61. The summed E-state index contributed by atoms with van der Waals surface area (Å²) in [4.78, 5) is 0.0393. The van der Waals surface area contributed by atoms with Gasteiger partial charge in [-0.15, -0.1) is 0 Å². The fourth-order valence-electron chi connectivity index (χ4n) is 1.86. The summed E-state index contributed by atoms with van der Waals surface area (Å²) in [5.74, 6) is 1.17. The van der Waals surface area contributed by atoms with E-state index >= 15 is 0 Å². The van der Waals surface area contributed by atoms with Crippen molar-refractivity contribution in [1.82, 2.24) is 4.72 Å². The van der Waals surface area contributed by atoms with E-state index in [9.17, 15) is 8.42 Å². The van der Waals surface area contributed by atoms with Crippen LogP contribution in [0.5, 0.6) is 11.5 Å². The van der Waals surface area contributed by atoms with Crippen molar-refractivity contribution in [3.8, 4) is 11.5 Å². The summed E-state index contributed by atoms with van der Waals surface area (Å²) in [7, 11) is -2.22. The summed E-state index contributed by atoms with van der Waals surface area (Å²) in [5, 5.41) is 0. The minimum Gasteiger partial charge on any atom is -0.457 e. The first kappa shape index (κ1) is 15.3. The normalized spacial score (nSPS) is 11.4.